The van der Waals surface area contributed by atoms with Gasteiger partial charge in [-0.2, -0.15) is 0 Å². The van der Waals surface area contributed by atoms with Gasteiger partial charge >= 0.3 is 0 Å². The van der Waals surface area contributed by atoms with Gasteiger partial charge in [-0.3, -0.25) is 14.4 Å². The summed E-state index contributed by atoms with van der Waals surface area (Å²) in [7, 11) is 0. The highest BCUT2D eigenvalue weighted by Crippen LogP contribution is 2.21. The molecule has 1 amide bonds. The summed E-state index contributed by atoms with van der Waals surface area (Å²) in [6.07, 6.45) is 0.308. The third kappa shape index (κ3) is 4.01. The first-order valence-electron chi connectivity index (χ1n) is 8.42. The topological polar surface area (TPSA) is 110 Å². The van der Waals surface area contributed by atoms with Crippen molar-refractivity contribution in [2.45, 2.75) is 13.3 Å². The minimum Gasteiger partial charge on any atom is -0.501 e. The summed E-state index contributed by atoms with van der Waals surface area (Å²) in [5.41, 5.74) is -0.156. The molecular weight excluding hydrogens is 369 g/mol. The van der Waals surface area contributed by atoms with Crippen LogP contribution in [-0.2, 0) is 6.42 Å². The maximum absolute atomic E-state index is 13.0. The quantitative estimate of drug-likeness (QED) is 0.632. The fraction of sp³-hybridized carbons (Fsp3) is 0.150. The van der Waals surface area contributed by atoms with E-state index in [0.29, 0.717) is 12.2 Å². The van der Waals surface area contributed by atoms with Gasteiger partial charge in [-0.25, -0.2) is 4.39 Å². The Bertz CT molecular complexity index is 1080. The zero-order valence-electron chi connectivity index (χ0n) is 14.8. The second kappa shape index (κ2) is 7.91. The number of carbonyl (C=O) groups excluding carboxylic acids is 2. The van der Waals surface area contributed by atoms with Gasteiger partial charge in [-0.15, -0.1) is 0 Å². The highest BCUT2D eigenvalue weighted by molar-refractivity contribution is 6.07. The van der Waals surface area contributed by atoms with Crippen molar-refractivity contribution in [2.24, 2.45) is 0 Å². The van der Waals surface area contributed by atoms with E-state index in [1.165, 1.54) is 18.2 Å². The molecular formula is C20H16FNO6. The molecule has 2 aromatic heterocycles. The largest absolute Gasteiger partial charge is 0.501 e. The van der Waals surface area contributed by atoms with Gasteiger partial charge in [0.15, 0.2) is 11.5 Å². The van der Waals surface area contributed by atoms with Crippen LogP contribution in [0.5, 0.6) is 5.75 Å². The zero-order chi connectivity index (χ0) is 20.3. The number of furan rings is 1. The van der Waals surface area contributed by atoms with Crippen molar-refractivity contribution in [1.82, 2.24) is 5.32 Å². The van der Waals surface area contributed by atoms with E-state index < -0.39 is 34.4 Å². The molecule has 0 fully saturated rings. The van der Waals surface area contributed by atoms with Crippen molar-refractivity contribution in [2.75, 3.05) is 6.54 Å². The van der Waals surface area contributed by atoms with Crippen LogP contribution in [0.25, 0.3) is 0 Å². The Balaban J connectivity index is 1.88. The molecule has 0 saturated heterocycles. The van der Waals surface area contributed by atoms with Gasteiger partial charge in [0.25, 0.3) is 11.7 Å². The lowest BCUT2D eigenvalue weighted by Gasteiger charge is -2.05. The molecule has 2 heterocycles. The summed E-state index contributed by atoms with van der Waals surface area (Å²) >= 11 is 0. The van der Waals surface area contributed by atoms with Gasteiger partial charge in [-0.1, -0.05) is 12.1 Å². The maximum atomic E-state index is 13.0. The summed E-state index contributed by atoms with van der Waals surface area (Å²) < 4.78 is 23.6. The molecule has 7 nitrogen and oxygen atoms in total. The van der Waals surface area contributed by atoms with E-state index in [4.69, 9.17) is 8.83 Å². The number of nitrogens with one attached hydrogen (secondary N) is 1. The first-order chi connectivity index (χ1) is 13.4. The van der Waals surface area contributed by atoms with Crippen molar-refractivity contribution in [3.63, 3.8) is 0 Å². The number of hydrogen-bond donors (Lipinski definition) is 2. The molecule has 28 heavy (non-hydrogen) atoms. The van der Waals surface area contributed by atoms with Crippen molar-refractivity contribution in [3.8, 4) is 5.75 Å². The summed E-state index contributed by atoms with van der Waals surface area (Å²) in [5, 5.41) is 12.3. The Labute approximate surface area is 158 Å². The molecule has 3 rings (SSSR count). The standard InChI is InChI=1S/C20H16FNO6/c1-2-22-20(26)16-10-14(23)17(24)19(28-16)18(25)15-8-7-13(27-15)9-11-3-5-12(21)6-4-11/h3-8,10,24H,2,9H2,1H3,(H,22,26). The average Bonchev–Trinajstić information content (AvgIpc) is 3.14. The van der Waals surface area contributed by atoms with E-state index >= 15 is 0 Å². The lowest BCUT2D eigenvalue weighted by atomic mass is 10.1. The van der Waals surface area contributed by atoms with Gasteiger partial charge in [-0.05, 0) is 36.8 Å². The van der Waals surface area contributed by atoms with Crippen molar-refractivity contribution >= 4 is 11.7 Å². The van der Waals surface area contributed by atoms with Gasteiger partial charge in [0.05, 0.1) is 0 Å². The molecule has 0 spiro atoms. The zero-order valence-corrected chi connectivity index (χ0v) is 14.8. The fourth-order valence-corrected chi connectivity index (χ4v) is 2.51. The number of aromatic hydroxyl groups is 1. The van der Waals surface area contributed by atoms with Crippen LogP contribution in [0.15, 0.2) is 56.1 Å². The Hall–Kier alpha value is -3.68. The third-order valence-electron chi connectivity index (χ3n) is 3.87. The monoisotopic (exact) mass is 385 g/mol. The Morgan fingerprint density at radius 1 is 1.07 bits per heavy atom. The molecule has 1 aromatic carbocycles. The van der Waals surface area contributed by atoms with E-state index in [-0.39, 0.29) is 18.1 Å². The SMILES string of the molecule is CCNC(=O)c1cc(=O)c(O)c(C(=O)c2ccc(Cc3ccc(F)cc3)o2)o1. The third-order valence-corrected chi connectivity index (χ3v) is 3.87. The lowest BCUT2D eigenvalue weighted by molar-refractivity contribution is 0.0910. The van der Waals surface area contributed by atoms with Crippen molar-refractivity contribution < 1.29 is 27.9 Å². The number of halogens is 1. The van der Waals surface area contributed by atoms with Crippen LogP contribution in [0.2, 0.25) is 0 Å². The summed E-state index contributed by atoms with van der Waals surface area (Å²) in [6, 6.07) is 9.49. The van der Waals surface area contributed by atoms with E-state index in [1.807, 2.05) is 0 Å². The van der Waals surface area contributed by atoms with Crippen LogP contribution >= 0.6 is 0 Å². The minimum atomic E-state index is -0.922. The van der Waals surface area contributed by atoms with Crippen LogP contribution in [-0.4, -0.2) is 23.3 Å². The van der Waals surface area contributed by atoms with E-state index in [0.717, 1.165) is 11.6 Å². The Morgan fingerprint density at radius 3 is 2.46 bits per heavy atom. The first kappa shape index (κ1) is 19.1. The van der Waals surface area contributed by atoms with Crippen molar-refractivity contribution in [1.29, 1.82) is 0 Å². The number of rotatable bonds is 6. The predicted molar refractivity (Wildman–Crippen MR) is 96.0 cm³/mol. The molecule has 0 aliphatic rings. The molecule has 2 N–H and O–H groups in total. The number of ketones is 1. The second-order valence-corrected chi connectivity index (χ2v) is 5.91. The highest BCUT2D eigenvalue weighted by atomic mass is 19.1. The molecule has 144 valence electrons. The minimum absolute atomic E-state index is 0.177. The maximum Gasteiger partial charge on any atom is 0.287 e. The van der Waals surface area contributed by atoms with E-state index in [2.05, 4.69) is 5.32 Å². The summed E-state index contributed by atoms with van der Waals surface area (Å²) in [4.78, 5) is 36.3. The van der Waals surface area contributed by atoms with E-state index in [1.54, 1.807) is 25.1 Å². The normalized spacial score (nSPS) is 10.6. The number of benzene rings is 1. The number of carbonyl (C=O) groups is 2. The first-order valence-corrected chi connectivity index (χ1v) is 8.42. The second-order valence-electron chi connectivity index (χ2n) is 5.91. The predicted octanol–water partition coefficient (Wildman–Crippen LogP) is 2.65. The van der Waals surface area contributed by atoms with Gasteiger partial charge in [0, 0.05) is 19.0 Å². The fourth-order valence-electron chi connectivity index (χ4n) is 2.51. The Kier molecular flexibility index (Phi) is 5.39. The molecule has 0 radical (unpaired) electrons. The summed E-state index contributed by atoms with van der Waals surface area (Å²) in [5.74, 6) is -3.69. The van der Waals surface area contributed by atoms with Crippen LogP contribution in [0.4, 0.5) is 4.39 Å². The highest BCUT2D eigenvalue weighted by Gasteiger charge is 2.25. The number of hydrogen-bond acceptors (Lipinski definition) is 6. The molecule has 0 aliphatic heterocycles. The molecule has 0 unspecified atom stereocenters. The van der Waals surface area contributed by atoms with Crippen LogP contribution in [0.3, 0.4) is 0 Å². The molecule has 0 atom stereocenters. The van der Waals surface area contributed by atoms with Crippen LogP contribution in [0, 0.1) is 5.82 Å². The van der Waals surface area contributed by atoms with Gasteiger partial charge < -0.3 is 19.3 Å². The smallest absolute Gasteiger partial charge is 0.287 e. The molecule has 8 heteroatoms. The molecule has 3 aromatic rings. The number of amides is 1. The Morgan fingerprint density at radius 2 is 1.79 bits per heavy atom. The average molecular weight is 385 g/mol. The van der Waals surface area contributed by atoms with Crippen LogP contribution < -0.4 is 10.7 Å². The van der Waals surface area contributed by atoms with Gasteiger partial charge in [0.1, 0.15) is 11.6 Å². The van der Waals surface area contributed by atoms with Crippen molar-refractivity contribution in [3.05, 3.63) is 87.1 Å². The molecule has 0 bridgehead atoms. The molecule has 0 aliphatic carbocycles. The molecule has 0 saturated carbocycles. The lowest BCUT2D eigenvalue weighted by Crippen LogP contribution is -2.24. The van der Waals surface area contributed by atoms with Gasteiger partial charge in [0.2, 0.25) is 16.9 Å². The summed E-state index contributed by atoms with van der Waals surface area (Å²) in [6.45, 7) is 1.96. The van der Waals surface area contributed by atoms with Crippen LogP contribution in [0.1, 0.15) is 45.1 Å². The van der Waals surface area contributed by atoms with E-state index in [9.17, 15) is 23.9 Å².